The van der Waals surface area contributed by atoms with Crippen LogP contribution in [0.3, 0.4) is 0 Å². The number of hydrogen-bond donors (Lipinski definition) is 0. The predicted molar refractivity (Wildman–Crippen MR) is 98.2 cm³/mol. The van der Waals surface area contributed by atoms with Crippen molar-refractivity contribution in [2.75, 3.05) is 0 Å². The standard InChI is InChI=1S/C20H14N4O2/c25-19(18(23-26)16-4-1-10-21-13-16)14-5-7-17(8-6-14)24-12-9-15-3-2-11-22-20(15)24/h1-13,18H. The van der Waals surface area contributed by atoms with E-state index in [0.717, 1.165) is 16.7 Å². The summed E-state index contributed by atoms with van der Waals surface area (Å²) in [5.41, 5.74) is 2.63. The third kappa shape index (κ3) is 2.77. The fraction of sp³-hybridized carbons (Fsp3) is 0.0500. The Bertz CT molecular complexity index is 1070. The molecule has 6 nitrogen and oxygen atoms in total. The average molecular weight is 342 g/mol. The number of hydrogen-bond acceptors (Lipinski definition) is 5. The van der Waals surface area contributed by atoms with Crippen LogP contribution < -0.4 is 0 Å². The molecule has 6 heteroatoms. The van der Waals surface area contributed by atoms with E-state index in [-0.39, 0.29) is 5.78 Å². The zero-order valence-corrected chi connectivity index (χ0v) is 13.7. The maximum Gasteiger partial charge on any atom is 0.195 e. The summed E-state index contributed by atoms with van der Waals surface area (Å²) in [4.78, 5) is 32.2. The second-order valence-electron chi connectivity index (χ2n) is 5.81. The van der Waals surface area contributed by atoms with Crippen molar-refractivity contribution in [1.82, 2.24) is 14.5 Å². The van der Waals surface area contributed by atoms with E-state index in [2.05, 4.69) is 15.1 Å². The minimum absolute atomic E-state index is 0.352. The van der Waals surface area contributed by atoms with Crippen LogP contribution in [0, 0.1) is 4.91 Å². The lowest BCUT2D eigenvalue weighted by Crippen LogP contribution is -2.11. The molecular formula is C20H14N4O2. The Balaban J connectivity index is 1.65. The normalized spacial score (nSPS) is 12.0. The lowest BCUT2D eigenvalue weighted by Gasteiger charge is -2.09. The summed E-state index contributed by atoms with van der Waals surface area (Å²) < 4.78 is 1.94. The fourth-order valence-corrected chi connectivity index (χ4v) is 2.92. The first-order valence-electron chi connectivity index (χ1n) is 8.07. The van der Waals surface area contributed by atoms with E-state index in [0.29, 0.717) is 11.1 Å². The van der Waals surface area contributed by atoms with Gasteiger partial charge in [-0.3, -0.25) is 9.78 Å². The van der Waals surface area contributed by atoms with Crippen LogP contribution in [-0.2, 0) is 0 Å². The monoisotopic (exact) mass is 342 g/mol. The molecule has 0 fully saturated rings. The van der Waals surface area contributed by atoms with Crippen LogP contribution >= 0.6 is 0 Å². The molecule has 3 heterocycles. The van der Waals surface area contributed by atoms with E-state index in [1.54, 1.807) is 36.7 Å². The summed E-state index contributed by atoms with van der Waals surface area (Å²) in [7, 11) is 0. The highest BCUT2D eigenvalue weighted by Crippen LogP contribution is 2.23. The molecule has 1 unspecified atom stereocenters. The van der Waals surface area contributed by atoms with Gasteiger partial charge in [0.15, 0.2) is 11.8 Å². The van der Waals surface area contributed by atoms with Gasteiger partial charge >= 0.3 is 0 Å². The molecule has 0 N–H and O–H groups in total. The van der Waals surface area contributed by atoms with Crippen molar-refractivity contribution >= 4 is 16.8 Å². The zero-order chi connectivity index (χ0) is 17.9. The van der Waals surface area contributed by atoms with Crippen LogP contribution in [0.2, 0.25) is 0 Å². The number of nitroso groups, excluding NO2 is 1. The minimum Gasteiger partial charge on any atom is -0.301 e. The van der Waals surface area contributed by atoms with E-state index in [9.17, 15) is 9.70 Å². The van der Waals surface area contributed by atoms with Crippen molar-refractivity contribution in [3.63, 3.8) is 0 Å². The maximum atomic E-state index is 12.6. The molecule has 0 saturated carbocycles. The molecule has 0 saturated heterocycles. The summed E-state index contributed by atoms with van der Waals surface area (Å²) in [6, 6.07) is 15.2. The second kappa shape index (κ2) is 6.68. The van der Waals surface area contributed by atoms with E-state index < -0.39 is 6.04 Å². The van der Waals surface area contributed by atoms with Crippen LogP contribution in [0.25, 0.3) is 16.7 Å². The van der Waals surface area contributed by atoms with Gasteiger partial charge < -0.3 is 4.57 Å². The Kier molecular flexibility index (Phi) is 4.07. The van der Waals surface area contributed by atoms with E-state index >= 15 is 0 Å². The number of ketones is 1. The zero-order valence-electron chi connectivity index (χ0n) is 13.7. The van der Waals surface area contributed by atoms with Crippen molar-refractivity contribution in [3.8, 4) is 5.69 Å². The third-order valence-corrected chi connectivity index (χ3v) is 4.23. The Morgan fingerprint density at radius 2 is 1.81 bits per heavy atom. The Hall–Kier alpha value is -3.67. The number of carbonyl (C=O) groups is 1. The summed E-state index contributed by atoms with van der Waals surface area (Å²) in [6.45, 7) is 0. The van der Waals surface area contributed by atoms with Crippen molar-refractivity contribution in [3.05, 3.63) is 95.4 Å². The van der Waals surface area contributed by atoms with Gasteiger partial charge in [-0.2, -0.15) is 0 Å². The molecular weight excluding hydrogens is 328 g/mol. The number of benzene rings is 1. The van der Waals surface area contributed by atoms with Crippen LogP contribution in [0.15, 0.2) is 84.6 Å². The van der Waals surface area contributed by atoms with Gasteiger partial charge in [0.1, 0.15) is 5.65 Å². The van der Waals surface area contributed by atoms with Gasteiger partial charge in [0, 0.05) is 47.0 Å². The van der Waals surface area contributed by atoms with E-state index in [1.165, 1.54) is 6.20 Å². The van der Waals surface area contributed by atoms with Crippen molar-refractivity contribution < 1.29 is 4.79 Å². The van der Waals surface area contributed by atoms with Gasteiger partial charge in [-0.05, 0) is 48.5 Å². The maximum absolute atomic E-state index is 12.6. The third-order valence-electron chi connectivity index (χ3n) is 4.23. The first-order valence-corrected chi connectivity index (χ1v) is 8.07. The smallest absolute Gasteiger partial charge is 0.195 e. The highest BCUT2D eigenvalue weighted by molar-refractivity contribution is 6.00. The molecule has 0 amide bonds. The molecule has 126 valence electrons. The fourth-order valence-electron chi connectivity index (χ4n) is 2.92. The molecule has 0 spiro atoms. The highest BCUT2D eigenvalue weighted by Gasteiger charge is 2.23. The second-order valence-corrected chi connectivity index (χ2v) is 5.81. The molecule has 4 aromatic rings. The average Bonchev–Trinajstić information content (AvgIpc) is 3.13. The number of rotatable bonds is 5. The summed E-state index contributed by atoms with van der Waals surface area (Å²) in [6.07, 6.45) is 6.74. The molecule has 0 aliphatic carbocycles. The van der Waals surface area contributed by atoms with Gasteiger partial charge in [-0.15, -0.1) is 4.91 Å². The lowest BCUT2D eigenvalue weighted by molar-refractivity contribution is 0.0961. The van der Waals surface area contributed by atoms with Gasteiger partial charge in [-0.1, -0.05) is 11.2 Å². The number of fused-ring (bicyclic) bond motifs is 1. The van der Waals surface area contributed by atoms with Crippen LogP contribution in [0.4, 0.5) is 0 Å². The quantitative estimate of drug-likeness (QED) is 0.404. The van der Waals surface area contributed by atoms with E-state index in [4.69, 9.17) is 0 Å². The van der Waals surface area contributed by atoms with Crippen molar-refractivity contribution in [1.29, 1.82) is 0 Å². The van der Waals surface area contributed by atoms with Crippen LogP contribution in [-0.4, -0.2) is 20.3 Å². The Morgan fingerprint density at radius 3 is 2.54 bits per heavy atom. The number of pyridine rings is 2. The largest absolute Gasteiger partial charge is 0.301 e. The number of aromatic nitrogens is 3. The van der Waals surface area contributed by atoms with Crippen molar-refractivity contribution in [2.24, 2.45) is 5.18 Å². The Morgan fingerprint density at radius 1 is 1.00 bits per heavy atom. The van der Waals surface area contributed by atoms with Crippen molar-refractivity contribution in [2.45, 2.75) is 6.04 Å². The summed E-state index contributed by atoms with van der Waals surface area (Å²) >= 11 is 0. The molecule has 3 aromatic heterocycles. The highest BCUT2D eigenvalue weighted by atomic mass is 16.3. The van der Waals surface area contributed by atoms with E-state index in [1.807, 2.05) is 41.1 Å². The predicted octanol–water partition coefficient (Wildman–Crippen LogP) is 4.11. The minimum atomic E-state index is -1.09. The van der Waals surface area contributed by atoms with Gasteiger partial charge in [-0.25, -0.2) is 4.98 Å². The summed E-state index contributed by atoms with van der Waals surface area (Å²) in [5, 5.41) is 4.03. The first kappa shape index (κ1) is 15.8. The molecule has 1 atom stereocenters. The number of Topliss-reactive ketones (excluding diaryl/α,β-unsaturated/α-hetero) is 1. The molecule has 26 heavy (non-hydrogen) atoms. The number of carbonyl (C=O) groups excluding carboxylic acids is 1. The molecule has 0 radical (unpaired) electrons. The summed E-state index contributed by atoms with van der Waals surface area (Å²) in [5.74, 6) is -0.352. The SMILES string of the molecule is O=NC(C(=O)c1ccc(-n2ccc3cccnc32)cc1)c1cccnc1. The molecule has 0 aliphatic rings. The van der Waals surface area contributed by atoms with Crippen LogP contribution in [0.5, 0.6) is 0 Å². The number of nitrogens with zero attached hydrogens (tertiary/aromatic N) is 4. The molecule has 1 aromatic carbocycles. The van der Waals surface area contributed by atoms with Crippen LogP contribution in [0.1, 0.15) is 22.0 Å². The Labute approximate surface area is 149 Å². The van der Waals surface area contributed by atoms with Gasteiger partial charge in [0.05, 0.1) is 0 Å². The molecule has 0 bridgehead atoms. The molecule has 0 aliphatic heterocycles. The topological polar surface area (TPSA) is 77.2 Å². The van der Waals surface area contributed by atoms with Gasteiger partial charge in [0.2, 0.25) is 0 Å². The first-order chi connectivity index (χ1) is 12.8. The van der Waals surface area contributed by atoms with Gasteiger partial charge in [0.25, 0.3) is 0 Å². The lowest BCUT2D eigenvalue weighted by atomic mass is 9.99. The molecule has 4 rings (SSSR count).